The number of carbonyl (C=O) groups excluding carboxylic acids is 2. The number of anilines is 1. The number of hydrogen-bond donors (Lipinski definition) is 1. The number of para-hydroxylation sites is 1. The average molecular weight is 302 g/mol. The van der Waals surface area contributed by atoms with Crippen molar-refractivity contribution < 1.29 is 9.59 Å². The van der Waals surface area contributed by atoms with Crippen LogP contribution in [0.15, 0.2) is 24.3 Å². The SMILES string of the molecule is CCC(C)c1ccccc1NC(=O)C(=O)N1CCCCCC1. The Morgan fingerprint density at radius 1 is 1.14 bits per heavy atom. The molecule has 1 aliphatic heterocycles. The largest absolute Gasteiger partial charge is 0.334 e. The summed E-state index contributed by atoms with van der Waals surface area (Å²) in [5.41, 5.74) is 1.84. The molecule has 0 saturated carbocycles. The lowest BCUT2D eigenvalue weighted by Gasteiger charge is -2.20. The van der Waals surface area contributed by atoms with Crippen molar-refractivity contribution in [1.82, 2.24) is 4.90 Å². The topological polar surface area (TPSA) is 49.4 Å². The molecular weight excluding hydrogens is 276 g/mol. The summed E-state index contributed by atoms with van der Waals surface area (Å²) in [7, 11) is 0. The molecule has 2 rings (SSSR count). The summed E-state index contributed by atoms with van der Waals surface area (Å²) < 4.78 is 0. The van der Waals surface area contributed by atoms with E-state index in [1.807, 2.05) is 24.3 Å². The zero-order valence-electron chi connectivity index (χ0n) is 13.6. The van der Waals surface area contributed by atoms with Crippen molar-refractivity contribution in [3.05, 3.63) is 29.8 Å². The fraction of sp³-hybridized carbons (Fsp3) is 0.556. The lowest BCUT2D eigenvalue weighted by molar-refractivity contribution is -0.143. The molecule has 1 aliphatic rings. The number of nitrogens with one attached hydrogen (secondary N) is 1. The number of likely N-dealkylation sites (tertiary alicyclic amines) is 1. The van der Waals surface area contributed by atoms with Crippen molar-refractivity contribution in [3.8, 4) is 0 Å². The van der Waals surface area contributed by atoms with E-state index in [1.54, 1.807) is 4.90 Å². The van der Waals surface area contributed by atoms with E-state index in [4.69, 9.17) is 0 Å². The zero-order valence-corrected chi connectivity index (χ0v) is 13.6. The van der Waals surface area contributed by atoms with Gasteiger partial charge in [0, 0.05) is 18.8 Å². The van der Waals surface area contributed by atoms with Crippen molar-refractivity contribution >= 4 is 17.5 Å². The number of nitrogens with zero attached hydrogens (tertiary/aromatic N) is 1. The third-order valence-electron chi connectivity index (χ3n) is 4.44. The van der Waals surface area contributed by atoms with Crippen molar-refractivity contribution in [3.63, 3.8) is 0 Å². The number of amides is 2. The Balaban J connectivity index is 2.06. The Kier molecular flexibility index (Phi) is 5.99. The van der Waals surface area contributed by atoms with E-state index in [-0.39, 0.29) is 0 Å². The van der Waals surface area contributed by atoms with Gasteiger partial charge in [-0.2, -0.15) is 0 Å². The molecule has 1 heterocycles. The molecule has 4 nitrogen and oxygen atoms in total. The fourth-order valence-corrected chi connectivity index (χ4v) is 2.85. The van der Waals surface area contributed by atoms with Gasteiger partial charge >= 0.3 is 11.8 Å². The number of carbonyl (C=O) groups is 2. The predicted octanol–water partition coefficient (Wildman–Crippen LogP) is 3.54. The first-order valence-electron chi connectivity index (χ1n) is 8.32. The van der Waals surface area contributed by atoms with Gasteiger partial charge in [0.1, 0.15) is 0 Å². The quantitative estimate of drug-likeness (QED) is 0.868. The summed E-state index contributed by atoms with van der Waals surface area (Å²) in [6, 6.07) is 7.74. The number of rotatable bonds is 3. The second-order valence-corrected chi connectivity index (χ2v) is 6.06. The van der Waals surface area contributed by atoms with Crippen LogP contribution >= 0.6 is 0 Å². The van der Waals surface area contributed by atoms with Crippen LogP contribution in [0.4, 0.5) is 5.69 Å². The Labute approximate surface area is 132 Å². The van der Waals surface area contributed by atoms with E-state index in [0.717, 1.165) is 43.4 Å². The van der Waals surface area contributed by atoms with Gasteiger partial charge in [-0.1, -0.05) is 44.9 Å². The lowest BCUT2D eigenvalue weighted by Crippen LogP contribution is -2.40. The summed E-state index contributed by atoms with van der Waals surface area (Å²) in [6.07, 6.45) is 5.25. The highest BCUT2D eigenvalue weighted by atomic mass is 16.2. The molecule has 4 heteroatoms. The summed E-state index contributed by atoms with van der Waals surface area (Å²) in [5.74, 6) is -0.566. The summed E-state index contributed by atoms with van der Waals surface area (Å²) in [5, 5.41) is 2.81. The Bertz CT molecular complexity index is 520. The molecule has 22 heavy (non-hydrogen) atoms. The second kappa shape index (κ2) is 7.97. The monoisotopic (exact) mass is 302 g/mol. The smallest absolute Gasteiger partial charge is 0.313 e. The molecule has 1 atom stereocenters. The Morgan fingerprint density at radius 3 is 2.41 bits per heavy atom. The highest BCUT2D eigenvalue weighted by molar-refractivity contribution is 6.39. The molecule has 1 aromatic rings. The van der Waals surface area contributed by atoms with Gasteiger partial charge < -0.3 is 10.2 Å². The molecule has 1 aromatic carbocycles. The first-order chi connectivity index (χ1) is 10.6. The minimum atomic E-state index is -0.516. The van der Waals surface area contributed by atoms with Crippen LogP contribution < -0.4 is 5.32 Å². The number of benzene rings is 1. The lowest BCUT2D eigenvalue weighted by atomic mass is 9.97. The van der Waals surface area contributed by atoms with Crippen molar-refractivity contribution in [2.45, 2.75) is 51.9 Å². The predicted molar refractivity (Wildman–Crippen MR) is 88.8 cm³/mol. The van der Waals surface area contributed by atoms with Gasteiger partial charge in [-0.3, -0.25) is 9.59 Å². The minimum absolute atomic E-state index is 0.352. The fourth-order valence-electron chi connectivity index (χ4n) is 2.85. The van der Waals surface area contributed by atoms with Crippen molar-refractivity contribution in [1.29, 1.82) is 0 Å². The summed E-state index contributed by atoms with van der Waals surface area (Å²) >= 11 is 0. The molecule has 0 radical (unpaired) electrons. The van der Waals surface area contributed by atoms with Gasteiger partial charge in [0.25, 0.3) is 0 Å². The van der Waals surface area contributed by atoms with Crippen LogP contribution in [0.25, 0.3) is 0 Å². The van der Waals surface area contributed by atoms with Crippen LogP contribution in [0.2, 0.25) is 0 Å². The highest BCUT2D eigenvalue weighted by Gasteiger charge is 2.23. The average Bonchev–Trinajstić information content (AvgIpc) is 2.83. The molecule has 2 amide bonds. The van der Waals surface area contributed by atoms with Gasteiger partial charge in [-0.05, 0) is 36.8 Å². The maximum absolute atomic E-state index is 12.3. The Morgan fingerprint density at radius 2 is 1.77 bits per heavy atom. The van der Waals surface area contributed by atoms with Crippen LogP contribution in [0.1, 0.15) is 57.4 Å². The van der Waals surface area contributed by atoms with Gasteiger partial charge in [0.05, 0.1) is 0 Å². The van der Waals surface area contributed by atoms with Gasteiger partial charge in [0.2, 0.25) is 0 Å². The van der Waals surface area contributed by atoms with E-state index in [2.05, 4.69) is 19.2 Å². The van der Waals surface area contributed by atoms with E-state index in [1.165, 1.54) is 0 Å². The number of hydrogen-bond acceptors (Lipinski definition) is 2. The second-order valence-electron chi connectivity index (χ2n) is 6.06. The molecule has 120 valence electrons. The highest BCUT2D eigenvalue weighted by Crippen LogP contribution is 2.26. The van der Waals surface area contributed by atoms with Crippen LogP contribution in [0, 0.1) is 0 Å². The van der Waals surface area contributed by atoms with E-state index in [0.29, 0.717) is 19.0 Å². The summed E-state index contributed by atoms with van der Waals surface area (Å²) in [6.45, 7) is 5.63. The minimum Gasteiger partial charge on any atom is -0.334 e. The van der Waals surface area contributed by atoms with Crippen molar-refractivity contribution in [2.24, 2.45) is 0 Å². The van der Waals surface area contributed by atoms with E-state index in [9.17, 15) is 9.59 Å². The van der Waals surface area contributed by atoms with Crippen LogP contribution in [-0.4, -0.2) is 29.8 Å². The maximum atomic E-state index is 12.3. The van der Waals surface area contributed by atoms with E-state index < -0.39 is 11.8 Å². The standard InChI is InChI=1S/C18H26N2O2/c1-3-14(2)15-10-6-7-11-16(15)19-17(21)18(22)20-12-8-4-5-9-13-20/h6-7,10-11,14H,3-5,8-9,12-13H2,1-2H3,(H,19,21). The molecule has 1 fully saturated rings. The van der Waals surface area contributed by atoms with E-state index >= 15 is 0 Å². The molecular formula is C18H26N2O2. The van der Waals surface area contributed by atoms with Gasteiger partial charge in [-0.25, -0.2) is 0 Å². The van der Waals surface area contributed by atoms with Gasteiger partial charge in [0.15, 0.2) is 0 Å². The first-order valence-corrected chi connectivity index (χ1v) is 8.32. The first kappa shape index (κ1) is 16.5. The Hall–Kier alpha value is -1.84. The van der Waals surface area contributed by atoms with Crippen LogP contribution in [0.5, 0.6) is 0 Å². The zero-order chi connectivity index (χ0) is 15.9. The van der Waals surface area contributed by atoms with Crippen LogP contribution in [0.3, 0.4) is 0 Å². The normalized spacial score (nSPS) is 16.7. The molecule has 0 aromatic heterocycles. The molecule has 1 N–H and O–H groups in total. The van der Waals surface area contributed by atoms with Crippen molar-refractivity contribution in [2.75, 3.05) is 18.4 Å². The molecule has 0 spiro atoms. The third-order valence-corrected chi connectivity index (χ3v) is 4.44. The molecule has 0 aliphatic carbocycles. The van der Waals surface area contributed by atoms with Gasteiger partial charge in [-0.15, -0.1) is 0 Å². The third kappa shape index (κ3) is 4.09. The molecule has 0 bridgehead atoms. The maximum Gasteiger partial charge on any atom is 0.313 e. The molecule has 1 unspecified atom stereocenters. The molecule has 1 saturated heterocycles. The summed E-state index contributed by atoms with van der Waals surface area (Å²) in [4.78, 5) is 26.3. The van der Waals surface area contributed by atoms with Crippen LogP contribution in [-0.2, 0) is 9.59 Å².